The smallest absolute Gasteiger partial charge is 0.0411 e. The molecule has 0 unspecified atom stereocenters. The molecule has 0 atom stereocenters. The number of rotatable bonds is 4. The van der Waals surface area contributed by atoms with E-state index in [2.05, 4.69) is 27.7 Å². The van der Waals surface area contributed by atoms with Gasteiger partial charge in [-0.1, -0.05) is 125 Å². The highest BCUT2D eigenvalue weighted by Crippen LogP contribution is 2.38. The van der Waals surface area contributed by atoms with E-state index in [-0.39, 0.29) is 47.9 Å². The van der Waals surface area contributed by atoms with Crippen LogP contribution in [0.2, 0.25) is 0 Å². The maximum atomic E-state index is 2.43. The van der Waals surface area contributed by atoms with Crippen molar-refractivity contribution in [1.29, 1.82) is 0 Å². The molecule has 0 aromatic carbocycles. The standard InChI is InChI=1S/C15H28.C10H20.CH4.3H2S/c1-12-3-7-14(8-4-12)11-15-9-5-13(2)6-10-15;1-3-9-5-7-10(4-2)8-6-9;;;;/h12-15H,3-11H2,1-2H3;9-10H,3-8H2,1-2H3;1H4;3*1H2. The zero-order chi connectivity index (χ0) is 18.1. The summed E-state index contributed by atoms with van der Waals surface area (Å²) in [7, 11) is 0. The van der Waals surface area contributed by atoms with Gasteiger partial charge < -0.3 is 0 Å². The molecule has 180 valence electrons. The van der Waals surface area contributed by atoms with Crippen LogP contribution >= 0.6 is 40.5 Å². The first-order chi connectivity index (χ1) is 12.1. The normalized spacial score (nSPS) is 33.9. The molecule has 0 aromatic heterocycles. The molecular weight excluding hydrogens is 408 g/mol. The molecule has 0 aliphatic heterocycles. The monoisotopic (exact) mass is 466 g/mol. The predicted molar refractivity (Wildman–Crippen MR) is 151 cm³/mol. The fourth-order valence-corrected chi connectivity index (χ4v) is 5.65. The molecule has 0 spiro atoms. The van der Waals surface area contributed by atoms with E-state index >= 15 is 0 Å². The van der Waals surface area contributed by atoms with Crippen molar-refractivity contribution in [2.24, 2.45) is 35.5 Å². The second-order valence-corrected chi connectivity index (χ2v) is 10.2. The first kappa shape index (κ1) is 34.7. The van der Waals surface area contributed by atoms with Gasteiger partial charge in [0.1, 0.15) is 0 Å². The molecule has 3 fully saturated rings. The Balaban J connectivity index is -0.000000434. The Hall–Kier alpha value is 1.05. The molecule has 3 aliphatic rings. The van der Waals surface area contributed by atoms with E-state index < -0.39 is 0 Å². The van der Waals surface area contributed by atoms with Crippen LogP contribution in [0, 0.1) is 35.5 Å². The minimum atomic E-state index is 0. The second-order valence-electron chi connectivity index (χ2n) is 10.2. The zero-order valence-corrected chi connectivity index (χ0v) is 22.6. The lowest BCUT2D eigenvalue weighted by molar-refractivity contribution is 0.201. The van der Waals surface area contributed by atoms with E-state index in [1.54, 1.807) is 6.42 Å². The summed E-state index contributed by atoms with van der Waals surface area (Å²) in [4.78, 5) is 0. The van der Waals surface area contributed by atoms with Gasteiger partial charge in [0.25, 0.3) is 0 Å². The Labute approximate surface area is 206 Å². The highest BCUT2D eigenvalue weighted by molar-refractivity contribution is 7.59. The van der Waals surface area contributed by atoms with Crippen LogP contribution in [0.15, 0.2) is 0 Å². The largest absolute Gasteiger partial charge is 0.197 e. The van der Waals surface area contributed by atoms with Gasteiger partial charge in [-0.2, -0.15) is 40.5 Å². The molecule has 0 bridgehead atoms. The van der Waals surface area contributed by atoms with Gasteiger partial charge >= 0.3 is 0 Å². The zero-order valence-electron chi connectivity index (χ0n) is 19.6. The summed E-state index contributed by atoms with van der Waals surface area (Å²) in [5.74, 6) is 6.38. The summed E-state index contributed by atoms with van der Waals surface area (Å²) in [5.41, 5.74) is 0. The number of hydrogen-bond acceptors (Lipinski definition) is 0. The van der Waals surface area contributed by atoms with Crippen molar-refractivity contribution in [2.75, 3.05) is 0 Å². The molecule has 0 aromatic rings. The molecule has 0 heterocycles. The van der Waals surface area contributed by atoms with Gasteiger partial charge in [0.05, 0.1) is 0 Å². The van der Waals surface area contributed by atoms with Crippen LogP contribution in [0.25, 0.3) is 0 Å². The van der Waals surface area contributed by atoms with Gasteiger partial charge in [-0.3, -0.25) is 0 Å². The van der Waals surface area contributed by atoms with Crippen LogP contribution < -0.4 is 0 Å². The fourth-order valence-electron chi connectivity index (χ4n) is 5.65. The summed E-state index contributed by atoms with van der Waals surface area (Å²) in [6, 6.07) is 0. The van der Waals surface area contributed by atoms with Crippen LogP contribution in [0.1, 0.15) is 131 Å². The summed E-state index contributed by atoms with van der Waals surface area (Å²) >= 11 is 0. The Morgan fingerprint density at radius 2 is 0.690 bits per heavy atom. The van der Waals surface area contributed by atoms with Crippen molar-refractivity contribution in [3.63, 3.8) is 0 Å². The molecule has 0 nitrogen and oxygen atoms in total. The lowest BCUT2D eigenvalue weighted by atomic mass is 9.74. The first-order valence-corrected chi connectivity index (χ1v) is 12.1. The maximum Gasteiger partial charge on any atom is -0.0411 e. The highest BCUT2D eigenvalue weighted by atomic mass is 32.1. The lowest BCUT2D eigenvalue weighted by Gasteiger charge is -2.32. The minimum absolute atomic E-state index is 0. The Bertz CT molecular complexity index is 291. The summed E-state index contributed by atoms with van der Waals surface area (Å²) in [5, 5.41) is 0. The van der Waals surface area contributed by atoms with Gasteiger partial charge in [-0.15, -0.1) is 0 Å². The van der Waals surface area contributed by atoms with E-state index in [9.17, 15) is 0 Å². The second kappa shape index (κ2) is 19.7. The number of hydrogen-bond donors (Lipinski definition) is 0. The van der Waals surface area contributed by atoms with E-state index in [0.29, 0.717) is 0 Å². The van der Waals surface area contributed by atoms with Crippen molar-refractivity contribution in [3.8, 4) is 0 Å². The van der Waals surface area contributed by atoms with E-state index in [4.69, 9.17) is 0 Å². The van der Waals surface area contributed by atoms with Crippen LogP contribution in [0.3, 0.4) is 0 Å². The molecule has 0 N–H and O–H groups in total. The summed E-state index contributed by atoms with van der Waals surface area (Å²) in [6.07, 6.45) is 22.6. The van der Waals surface area contributed by atoms with Crippen molar-refractivity contribution < 1.29 is 0 Å². The third-order valence-electron chi connectivity index (χ3n) is 8.06. The highest BCUT2D eigenvalue weighted by Gasteiger charge is 2.24. The van der Waals surface area contributed by atoms with Crippen LogP contribution in [0.4, 0.5) is 0 Å². The minimum Gasteiger partial charge on any atom is -0.197 e. The third kappa shape index (κ3) is 13.9. The first-order valence-electron chi connectivity index (χ1n) is 12.1. The van der Waals surface area contributed by atoms with E-state index in [1.165, 1.54) is 89.9 Å². The van der Waals surface area contributed by atoms with Crippen LogP contribution in [-0.2, 0) is 0 Å². The van der Waals surface area contributed by atoms with E-state index in [1.807, 2.05) is 0 Å². The Kier molecular flexibility index (Phi) is 23.6. The quantitative estimate of drug-likeness (QED) is 0.387. The van der Waals surface area contributed by atoms with Gasteiger partial charge in [0.15, 0.2) is 0 Å². The fraction of sp³-hybridized carbons (Fsp3) is 1.00. The molecule has 3 saturated carbocycles. The average molecular weight is 467 g/mol. The summed E-state index contributed by atoms with van der Waals surface area (Å²) < 4.78 is 0. The summed E-state index contributed by atoms with van der Waals surface area (Å²) in [6.45, 7) is 9.52. The van der Waals surface area contributed by atoms with Crippen molar-refractivity contribution in [3.05, 3.63) is 0 Å². The topological polar surface area (TPSA) is 0 Å². The molecule has 3 rings (SSSR count). The molecule has 3 heteroatoms. The molecule has 0 saturated heterocycles. The van der Waals surface area contributed by atoms with Crippen LogP contribution in [0.5, 0.6) is 0 Å². The molecule has 3 aliphatic carbocycles. The molecule has 29 heavy (non-hydrogen) atoms. The Morgan fingerprint density at radius 1 is 0.448 bits per heavy atom. The van der Waals surface area contributed by atoms with E-state index in [0.717, 1.165) is 35.5 Å². The van der Waals surface area contributed by atoms with Crippen molar-refractivity contribution in [2.45, 2.75) is 131 Å². The van der Waals surface area contributed by atoms with Crippen molar-refractivity contribution >= 4 is 40.5 Å². The predicted octanol–water partition coefficient (Wildman–Crippen LogP) is 9.62. The third-order valence-corrected chi connectivity index (χ3v) is 8.06. The molecule has 0 radical (unpaired) electrons. The van der Waals surface area contributed by atoms with Crippen molar-refractivity contribution in [1.82, 2.24) is 0 Å². The van der Waals surface area contributed by atoms with Gasteiger partial charge in [0.2, 0.25) is 0 Å². The molecule has 0 amide bonds. The average Bonchev–Trinajstić information content (AvgIpc) is 2.66. The lowest BCUT2D eigenvalue weighted by Crippen LogP contribution is -2.19. The SMILES string of the molecule is C.CC1CCC(CC2CCC(C)CC2)CC1.CCC1CCC(CC)CC1.S.S.S. The van der Waals surface area contributed by atoms with Gasteiger partial charge in [-0.05, 0) is 41.9 Å². The van der Waals surface area contributed by atoms with Gasteiger partial charge in [-0.25, -0.2) is 0 Å². The van der Waals surface area contributed by atoms with Crippen LogP contribution in [-0.4, -0.2) is 0 Å². The maximum absolute atomic E-state index is 2.43. The van der Waals surface area contributed by atoms with Gasteiger partial charge in [0, 0.05) is 0 Å². The Morgan fingerprint density at radius 3 is 0.931 bits per heavy atom. The molecular formula is C26H58S3.